The summed E-state index contributed by atoms with van der Waals surface area (Å²) in [4.78, 5) is 24.1. The minimum atomic E-state index is -0.442. The quantitative estimate of drug-likeness (QED) is 0.572. The molecule has 0 aromatic heterocycles. The van der Waals surface area contributed by atoms with E-state index in [1.807, 2.05) is 0 Å². The highest BCUT2D eigenvalue weighted by Crippen LogP contribution is 2.25. The summed E-state index contributed by atoms with van der Waals surface area (Å²) >= 11 is 3.31. The largest absolute Gasteiger partial charge is 0.496 e. The number of methoxy groups -OCH3 is 1. The molecule has 0 bridgehead atoms. The smallest absolute Gasteiger partial charge is 0.269 e. The van der Waals surface area contributed by atoms with Gasteiger partial charge in [-0.1, -0.05) is 12.7 Å². The summed E-state index contributed by atoms with van der Waals surface area (Å²) in [5, 5.41) is 0. The van der Waals surface area contributed by atoms with Gasteiger partial charge < -0.3 is 9.47 Å². The molecule has 130 valence electrons. The second kappa shape index (κ2) is 8.89. The number of halogens is 1. The van der Waals surface area contributed by atoms with Crippen LogP contribution in [0.3, 0.4) is 0 Å². The maximum absolute atomic E-state index is 12.1. The number of hydrazine groups is 1. The van der Waals surface area contributed by atoms with Gasteiger partial charge in [0.1, 0.15) is 18.1 Å². The summed E-state index contributed by atoms with van der Waals surface area (Å²) < 4.78 is 11.1. The number of carbonyl (C=O) groups is 2. The van der Waals surface area contributed by atoms with Gasteiger partial charge in [0.15, 0.2) is 0 Å². The van der Waals surface area contributed by atoms with Crippen molar-refractivity contribution in [3.05, 3.63) is 70.7 Å². The van der Waals surface area contributed by atoms with Crippen LogP contribution in [-0.2, 0) is 0 Å². The van der Waals surface area contributed by atoms with Gasteiger partial charge in [-0.05, 0) is 58.4 Å². The van der Waals surface area contributed by atoms with E-state index in [-0.39, 0.29) is 0 Å². The maximum atomic E-state index is 12.1. The van der Waals surface area contributed by atoms with Gasteiger partial charge in [0.2, 0.25) is 0 Å². The van der Waals surface area contributed by atoms with Crippen LogP contribution in [0.25, 0.3) is 0 Å². The Kier molecular flexibility index (Phi) is 6.59. The Balaban J connectivity index is 1.93. The normalized spacial score (nSPS) is 9.84. The van der Waals surface area contributed by atoms with Crippen LogP contribution < -0.4 is 20.3 Å². The Labute approximate surface area is 153 Å². The van der Waals surface area contributed by atoms with E-state index in [2.05, 4.69) is 33.4 Å². The number of carbonyl (C=O) groups excluding carboxylic acids is 2. The van der Waals surface area contributed by atoms with Crippen molar-refractivity contribution in [2.75, 3.05) is 13.7 Å². The van der Waals surface area contributed by atoms with E-state index in [9.17, 15) is 9.59 Å². The van der Waals surface area contributed by atoms with E-state index < -0.39 is 11.8 Å². The molecule has 0 saturated heterocycles. The van der Waals surface area contributed by atoms with Gasteiger partial charge in [0, 0.05) is 11.1 Å². The molecule has 0 saturated carbocycles. The Bertz CT molecular complexity index is 775. The molecule has 7 heteroatoms. The molecule has 2 rings (SSSR count). The third kappa shape index (κ3) is 5.09. The van der Waals surface area contributed by atoms with Crippen LogP contribution in [-0.4, -0.2) is 25.5 Å². The van der Waals surface area contributed by atoms with Crippen molar-refractivity contribution in [1.29, 1.82) is 0 Å². The molecule has 0 aliphatic rings. The first-order valence-electron chi connectivity index (χ1n) is 7.33. The predicted molar refractivity (Wildman–Crippen MR) is 97.8 cm³/mol. The molecule has 2 amide bonds. The van der Waals surface area contributed by atoms with E-state index in [4.69, 9.17) is 9.47 Å². The average molecular weight is 405 g/mol. The number of hydrogen-bond acceptors (Lipinski definition) is 4. The van der Waals surface area contributed by atoms with Crippen LogP contribution in [0.1, 0.15) is 20.7 Å². The molecular weight excluding hydrogens is 388 g/mol. The molecule has 0 unspecified atom stereocenters. The van der Waals surface area contributed by atoms with Crippen LogP contribution >= 0.6 is 15.9 Å². The van der Waals surface area contributed by atoms with Crippen LogP contribution in [0.5, 0.6) is 11.5 Å². The molecule has 2 aromatic carbocycles. The number of amides is 2. The summed E-state index contributed by atoms with van der Waals surface area (Å²) in [6.45, 7) is 3.95. The van der Waals surface area contributed by atoms with Crippen molar-refractivity contribution >= 4 is 27.7 Å². The molecule has 0 aliphatic heterocycles. The minimum absolute atomic E-state index is 0.376. The van der Waals surface area contributed by atoms with Crippen molar-refractivity contribution in [3.8, 4) is 11.5 Å². The fraction of sp³-hybridized carbons (Fsp3) is 0.111. The first kappa shape index (κ1) is 18.5. The Morgan fingerprint density at radius 2 is 1.68 bits per heavy atom. The molecule has 0 radical (unpaired) electrons. The van der Waals surface area contributed by atoms with Crippen molar-refractivity contribution in [3.63, 3.8) is 0 Å². The maximum Gasteiger partial charge on any atom is 0.269 e. The second-order valence-electron chi connectivity index (χ2n) is 4.88. The van der Waals surface area contributed by atoms with E-state index in [1.165, 1.54) is 7.11 Å². The first-order valence-corrected chi connectivity index (χ1v) is 8.12. The SMILES string of the molecule is C=CCOc1ccc(C(=O)NNC(=O)c2ccc(OC)c(Br)c2)cc1. The second-order valence-corrected chi connectivity index (χ2v) is 5.74. The molecule has 0 aliphatic carbocycles. The molecule has 0 spiro atoms. The summed E-state index contributed by atoms with van der Waals surface area (Å²) in [7, 11) is 1.54. The van der Waals surface area contributed by atoms with Crippen LogP contribution in [0.15, 0.2) is 59.6 Å². The average Bonchev–Trinajstić information content (AvgIpc) is 2.64. The summed E-state index contributed by atoms with van der Waals surface area (Å²) in [5.41, 5.74) is 5.50. The van der Waals surface area contributed by atoms with Gasteiger partial charge in [0.05, 0.1) is 11.6 Å². The molecular formula is C18H17BrN2O4. The molecule has 0 fully saturated rings. The summed E-state index contributed by atoms with van der Waals surface area (Å²) in [5.74, 6) is 0.363. The monoisotopic (exact) mass is 404 g/mol. The van der Waals surface area contributed by atoms with Crippen molar-refractivity contribution < 1.29 is 19.1 Å². The highest BCUT2D eigenvalue weighted by atomic mass is 79.9. The van der Waals surface area contributed by atoms with Gasteiger partial charge in [-0.15, -0.1) is 0 Å². The van der Waals surface area contributed by atoms with Crippen LogP contribution in [0.4, 0.5) is 0 Å². The lowest BCUT2D eigenvalue weighted by molar-refractivity contribution is 0.0846. The van der Waals surface area contributed by atoms with E-state index in [1.54, 1.807) is 48.5 Å². The van der Waals surface area contributed by atoms with Crippen molar-refractivity contribution in [2.45, 2.75) is 0 Å². The van der Waals surface area contributed by atoms with Crippen LogP contribution in [0.2, 0.25) is 0 Å². The number of hydrogen-bond donors (Lipinski definition) is 2. The third-order valence-electron chi connectivity index (χ3n) is 3.19. The third-order valence-corrected chi connectivity index (χ3v) is 3.81. The summed E-state index contributed by atoms with van der Waals surface area (Å²) in [6.07, 6.45) is 1.63. The standard InChI is InChI=1S/C18H17BrN2O4/c1-3-10-25-14-7-4-12(5-8-14)17(22)20-21-18(23)13-6-9-16(24-2)15(19)11-13/h3-9,11H,1,10H2,2H3,(H,20,22)(H,21,23). The molecule has 0 atom stereocenters. The molecule has 25 heavy (non-hydrogen) atoms. The fourth-order valence-corrected chi connectivity index (χ4v) is 2.46. The van der Waals surface area contributed by atoms with Crippen LogP contribution in [0, 0.1) is 0 Å². The van der Waals surface area contributed by atoms with E-state index in [0.29, 0.717) is 33.7 Å². The number of benzene rings is 2. The molecule has 6 nitrogen and oxygen atoms in total. The van der Waals surface area contributed by atoms with Gasteiger partial charge >= 0.3 is 0 Å². The zero-order chi connectivity index (χ0) is 18.2. The topological polar surface area (TPSA) is 76.7 Å². The van der Waals surface area contributed by atoms with Gasteiger partial charge in [-0.3, -0.25) is 20.4 Å². The molecule has 2 aromatic rings. The summed E-state index contributed by atoms with van der Waals surface area (Å²) in [6, 6.07) is 11.4. The highest BCUT2D eigenvalue weighted by Gasteiger charge is 2.11. The highest BCUT2D eigenvalue weighted by molar-refractivity contribution is 9.10. The number of rotatable bonds is 6. The van der Waals surface area contributed by atoms with Gasteiger partial charge in [-0.2, -0.15) is 0 Å². The first-order chi connectivity index (χ1) is 12.0. The molecule has 2 N–H and O–H groups in total. The lowest BCUT2D eigenvalue weighted by Crippen LogP contribution is -2.41. The zero-order valence-corrected chi connectivity index (χ0v) is 15.1. The lowest BCUT2D eigenvalue weighted by Gasteiger charge is -2.09. The Morgan fingerprint density at radius 3 is 2.24 bits per heavy atom. The number of ether oxygens (including phenoxy) is 2. The Morgan fingerprint density at radius 1 is 1.08 bits per heavy atom. The van der Waals surface area contributed by atoms with E-state index in [0.717, 1.165) is 0 Å². The fourth-order valence-electron chi connectivity index (χ4n) is 1.92. The van der Waals surface area contributed by atoms with Crippen molar-refractivity contribution in [2.24, 2.45) is 0 Å². The predicted octanol–water partition coefficient (Wildman–Crippen LogP) is 3.10. The minimum Gasteiger partial charge on any atom is -0.496 e. The lowest BCUT2D eigenvalue weighted by atomic mass is 10.2. The Hall–Kier alpha value is -2.80. The van der Waals surface area contributed by atoms with Gasteiger partial charge in [-0.25, -0.2) is 0 Å². The molecule has 0 heterocycles. The van der Waals surface area contributed by atoms with Crippen molar-refractivity contribution in [1.82, 2.24) is 10.9 Å². The number of nitrogens with one attached hydrogen (secondary N) is 2. The van der Waals surface area contributed by atoms with Gasteiger partial charge in [0.25, 0.3) is 11.8 Å². The zero-order valence-electron chi connectivity index (χ0n) is 13.5. The van der Waals surface area contributed by atoms with E-state index >= 15 is 0 Å².